The normalized spacial score (nSPS) is 15.6. The zero-order valence-corrected chi connectivity index (χ0v) is 23.1. The minimum atomic E-state index is -0.671. The summed E-state index contributed by atoms with van der Waals surface area (Å²) in [5.74, 6) is -0.758. The maximum Gasteiger partial charge on any atom is 0.410 e. The predicted molar refractivity (Wildman–Crippen MR) is 152 cm³/mol. The van der Waals surface area contributed by atoms with Crippen molar-refractivity contribution in [2.75, 3.05) is 18.0 Å². The molecule has 1 fully saturated rings. The highest BCUT2D eigenvalue weighted by atomic mass is 19.1. The van der Waals surface area contributed by atoms with Gasteiger partial charge in [-0.15, -0.1) is 0 Å². The van der Waals surface area contributed by atoms with E-state index in [9.17, 15) is 9.59 Å². The molecule has 5 rings (SSSR count). The molecule has 2 amide bonds. The van der Waals surface area contributed by atoms with Gasteiger partial charge >= 0.3 is 6.09 Å². The van der Waals surface area contributed by atoms with Crippen LogP contribution in [0.15, 0.2) is 67.3 Å². The molecule has 1 aliphatic rings. The quantitative estimate of drug-likeness (QED) is 0.306. The smallest absolute Gasteiger partial charge is 0.410 e. The van der Waals surface area contributed by atoms with Crippen LogP contribution in [0.4, 0.5) is 15.0 Å². The Hall–Kier alpha value is -4.40. The van der Waals surface area contributed by atoms with E-state index in [1.807, 2.05) is 52.0 Å². The Labute approximate surface area is 232 Å². The van der Waals surface area contributed by atoms with Crippen molar-refractivity contribution in [2.45, 2.75) is 52.2 Å². The highest BCUT2D eigenvalue weighted by Gasteiger charge is 2.36. The van der Waals surface area contributed by atoms with Crippen molar-refractivity contribution >= 4 is 28.6 Å². The summed E-state index contributed by atoms with van der Waals surface area (Å²) in [7, 11) is 0. The molecule has 4 aromatic rings. The molecule has 0 bridgehead atoms. The molecule has 2 aromatic heterocycles. The number of piperidine rings is 1. The first-order valence-corrected chi connectivity index (χ1v) is 13.3. The summed E-state index contributed by atoms with van der Waals surface area (Å²) in [5, 5.41) is 1.73. The molecule has 1 atom stereocenters. The van der Waals surface area contributed by atoms with Crippen molar-refractivity contribution in [1.82, 2.24) is 19.9 Å². The number of hydrogen-bond donors (Lipinski definition) is 0. The lowest BCUT2D eigenvalue weighted by molar-refractivity contribution is 0.0196. The van der Waals surface area contributed by atoms with Crippen LogP contribution in [-0.2, 0) is 4.74 Å². The van der Waals surface area contributed by atoms with Crippen molar-refractivity contribution in [2.24, 2.45) is 0 Å². The first kappa shape index (κ1) is 27.2. The van der Waals surface area contributed by atoms with Crippen LogP contribution in [0.25, 0.3) is 22.0 Å². The standard InChI is InChI=1S/C31H32FN5O3/c1-20-7-5-8-21-12-13-35-28(27(20)21)37(23-9-6-16-36(19-23)30(39)40-31(2,3)4)29(38)24-11-10-22(17-25(24)32)26-18-33-14-15-34-26/h5,7-8,10-15,17-18,23H,6,9,16,19H2,1-4H3/t23-/m1/s1. The van der Waals surface area contributed by atoms with Crippen LogP contribution in [0.3, 0.4) is 0 Å². The maximum atomic E-state index is 15.6. The summed E-state index contributed by atoms with van der Waals surface area (Å²) in [5.41, 5.74) is 1.22. The number of rotatable bonds is 4. The van der Waals surface area contributed by atoms with Gasteiger partial charge in [-0.25, -0.2) is 14.2 Å². The van der Waals surface area contributed by atoms with Crippen molar-refractivity contribution in [3.05, 3.63) is 84.2 Å². The van der Waals surface area contributed by atoms with Crippen molar-refractivity contribution in [3.8, 4) is 11.3 Å². The fourth-order valence-corrected chi connectivity index (χ4v) is 5.09. The van der Waals surface area contributed by atoms with Crippen LogP contribution in [0, 0.1) is 12.7 Å². The summed E-state index contributed by atoms with van der Waals surface area (Å²) in [4.78, 5) is 43.3. The molecule has 0 radical (unpaired) electrons. The molecule has 9 heteroatoms. The Bertz CT molecular complexity index is 1550. The second-order valence-electron chi connectivity index (χ2n) is 11.0. The van der Waals surface area contributed by atoms with E-state index in [0.29, 0.717) is 36.5 Å². The van der Waals surface area contributed by atoms with Crippen LogP contribution >= 0.6 is 0 Å². The fourth-order valence-electron chi connectivity index (χ4n) is 5.09. The number of carbonyl (C=O) groups is 2. The van der Waals surface area contributed by atoms with Gasteiger partial charge < -0.3 is 9.64 Å². The number of hydrogen-bond acceptors (Lipinski definition) is 6. The lowest BCUT2D eigenvalue weighted by Crippen LogP contribution is -2.53. The van der Waals surface area contributed by atoms with Crippen molar-refractivity contribution in [3.63, 3.8) is 0 Å². The molecule has 0 spiro atoms. The van der Waals surface area contributed by atoms with Crippen LogP contribution in [-0.4, -0.2) is 56.6 Å². The molecule has 206 valence electrons. The number of likely N-dealkylation sites (tertiary alicyclic amines) is 1. The average Bonchev–Trinajstić information content (AvgIpc) is 2.93. The van der Waals surface area contributed by atoms with Gasteiger partial charge in [-0.3, -0.25) is 19.7 Å². The molecule has 40 heavy (non-hydrogen) atoms. The van der Waals surface area contributed by atoms with E-state index >= 15 is 4.39 Å². The molecule has 0 aliphatic carbocycles. The van der Waals surface area contributed by atoms with Crippen LogP contribution in [0.2, 0.25) is 0 Å². The van der Waals surface area contributed by atoms with E-state index in [2.05, 4.69) is 15.0 Å². The van der Waals surface area contributed by atoms with Crippen molar-refractivity contribution < 1.29 is 18.7 Å². The molecule has 8 nitrogen and oxygen atoms in total. The molecule has 0 N–H and O–H groups in total. The van der Waals surface area contributed by atoms with Gasteiger partial charge in [-0.05, 0) is 69.7 Å². The van der Waals surface area contributed by atoms with E-state index in [1.165, 1.54) is 18.3 Å². The van der Waals surface area contributed by atoms with Gasteiger partial charge in [0.2, 0.25) is 0 Å². The number of nitrogens with zero attached hydrogens (tertiary/aromatic N) is 5. The molecule has 3 heterocycles. The Morgan fingerprint density at radius 3 is 2.62 bits per heavy atom. The van der Waals surface area contributed by atoms with Crippen LogP contribution in [0.1, 0.15) is 49.5 Å². The molecule has 1 saturated heterocycles. The Morgan fingerprint density at radius 1 is 1.07 bits per heavy atom. The Morgan fingerprint density at radius 2 is 1.90 bits per heavy atom. The Balaban J connectivity index is 1.57. The van der Waals surface area contributed by atoms with Gasteiger partial charge in [-0.1, -0.05) is 24.3 Å². The highest BCUT2D eigenvalue weighted by Crippen LogP contribution is 2.33. The van der Waals surface area contributed by atoms with Gasteiger partial charge in [0.15, 0.2) is 0 Å². The number of aryl methyl sites for hydroxylation is 1. The zero-order chi connectivity index (χ0) is 28.4. The second-order valence-corrected chi connectivity index (χ2v) is 11.0. The number of benzene rings is 2. The topological polar surface area (TPSA) is 88.5 Å². The molecule has 0 saturated carbocycles. The SMILES string of the molecule is Cc1cccc2ccnc(N(C(=O)c3ccc(-c4cnccn4)cc3F)[C@@H]3CCCN(C(=O)OC(C)(C)C)C3)c12. The van der Waals surface area contributed by atoms with Gasteiger partial charge in [0.05, 0.1) is 23.5 Å². The number of ether oxygens (including phenoxy) is 1. The van der Waals surface area contributed by atoms with E-state index in [4.69, 9.17) is 4.74 Å². The summed E-state index contributed by atoms with van der Waals surface area (Å²) in [6.45, 7) is 8.16. The highest BCUT2D eigenvalue weighted by molar-refractivity contribution is 6.11. The van der Waals surface area contributed by atoms with Gasteiger partial charge in [0.25, 0.3) is 5.91 Å². The van der Waals surface area contributed by atoms with E-state index in [1.54, 1.807) is 34.5 Å². The lowest BCUT2D eigenvalue weighted by Gasteiger charge is -2.39. The largest absolute Gasteiger partial charge is 0.444 e. The van der Waals surface area contributed by atoms with Gasteiger partial charge in [0.1, 0.15) is 17.2 Å². The van der Waals surface area contributed by atoms with Crippen LogP contribution < -0.4 is 4.90 Å². The molecule has 0 unspecified atom stereocenters. The third kappa shape index (κ3) is 5.64. The molecular weight excluding hydrogens is 509 g/mol. The van der Waals surface area contributed by atoms with Gasteiger partial charge in [0, 0.05) is 42.6 Å². The van der Waals surface area contributed by atoms with Crippen molar-refractivity contribution in [1.29, 1.82) is 0 Å². The first-order chi connectivity index (χ1) is 19.1. The number of anilines is 1. The summed E-state index contributed by atoms with van der Waals surface area (Å²) in [6, 6.07) is 11.7. The van der Waals surface area contributed by atoms with E-state index < -0.39 is 29.5 Å². The minimum Gasteiger partial charge on any atom is -0.444 e. The summed E-state index contributed by atoms with van der Waals surface area (Å²) < 4.78 is 21.2. The summed E-state index contributed by atoms with van der Waals surface area (Å²) in [6.07, 6.45) is 7.10. The number of halogens is 1. The first-order valence-electron chi connectivity index (χ1n) is 13.3. The van der Waals surface area contributed by atoms with Crippen LogP contribution in [0.5, 0.6) is 0 Å². The fraction of sp³-hybridized carbons (Fsp3) is 0.323. The third-order valence-corrected chi connectivity index (χ3v) is 6.90. The van der Waals surface area contributed by atoms with Gasteiger partial charge in [-0.2, -0.15) is 0 Å². The average molecular weight is 542 g/mol. The number of pyridine rings is 1. The zero-order valence-electron chi connectivity index (χ0n) is 23.1. The molecule has 1 aliphatic heterocycles. The second kappa shape index (κ2) is 11.0. The van der Waals surface area contributed by atoms with E-state index in [0.717, 1.165) is 16.3 Å². The minimum absolute atomic E-state index is 0.0885. The number of carbonyl (C=O) groups excluding carboxylic acids is 2. The molecular formula is C31H32FN5O3. The predicted octanol–water partition coefficient (Wildman–Crippen LogP) is 6.19. The van der Waals surface area contributed by atoms with E-state index in [-0.39, 0.29) is 12.1 Å². The third-order valence-electron chi connectivity index (χ3n) is 6.90. The Kier molecular flexibility index (Phi) is 7.47. The lowest BCUT2D eigenvalue weighted by atomic mass is 9.99. The number of amides is 2. The maximum absolute atomic E-state index is 15.6. The monoisotopic (exact) mass is 541 g/mol. The number of fused-ring (bicyclic) bond motifs is 1. The summed E-state index contributed by atoms with van der Waals surface area (Å²) >= 11 is 0. The molecule has 2 aromatic carbocycles. The number of aromatic nitrogens is 3.